The number of hydrogen-bond acceptors (Lipinski definition) is 5. The largest absolute Gasteiger partial charge is 0.375 e. The zero-order valence-corrected chi connectivity index (χ0v) is 12.2. The Morgan fingerprint density at radius 1 is 1.67 bits per heavy atom. The number of nitrogens with two attached hydrogens (primary N) is 1. The van der Waals surface area contributed by atoms with Crippen molar-refractivity contribution in [3.8, 4) is 12.3 Å². The highest BCUT2D eigenvalue weighted by molar-refractivity contribution is 8.01. The first-order valence-electron chi connectivity index (χ1n) is 5.68. The minimum Gasteiger partial charge on any atom is -0.375 e. The highest BCUT2D eigenvalue weighted by Gasteiger charge is 2.25. The van der Waals surface area contributed by atoms with Crippen LogP contribution in [0.1, 0.15) is 26.7 Å². The summed E-state index contributed by atoms with van der Waals surface area (Å²) in [4.78, 5) is 15.8. The van der Waals surface area contributed by atoms with Gasteiger partial charge >= 0.3 is 0 Å². The van der Waals surface area contributed by atoms with Crippen molar-refractivity contribution in [1.82, 2.24) is 10.3 Å². The predicted octanol–water partition coefficient (Wildman–Crippen LogP) is 2.13. The number of anilines is 1. The molecule has 1 amide bonds. The SMILES string of the molecule is C#CC(CC)(CC)NC(=O)CSc1cnc(N)s1. The van der Waals surface area contributed by atoms with Crippen LogP contribution in [0.25, 0.3) is 0 Å². The first-order chi connectivity index (χ1) is 8.55. The van der Waals surface area contributed by atoms with E-state index < -0.39 is 5.54 Å². The van der Waals surface area contributed by atoms with Crippen molar-refractivity contribution in [1.29, 1.82) is 0 Å². The van der Waals surface area contributed by atoms with Crippen LogP contribution < -0.4 is 11.1 Å². The monoisotopic (exact) mass is 283 g/mol. The minimum absolute atomic E-state index is 0.0615. The second kappa shape index (κ2) is 6.66. The third kappa shape index (κ3) is 3.93. The first-order valence-corrected chi connectivity index (χ1v) is 7.48. The number of nitrogens with zero attached hydrogens (tertiary/aromatic N) is 1. The number of hydrogen-bond donors (Lipinski definition) is 2. The van der Waals surface area contributed by atoms with Crippen LogP contribution in [0.4, 0.5) is 5.13 Å². The Kier molecular flexibility index (Phi) is 5.51. The van der Waals surface area contributed by atoms with Crippen molar-refractivity contribution in [2.75, 3.05) is 11.5 Å². The van der Waals surface area contributed by atoms with Crippen molar-refractivity contribution in [2.24, 2.45) is 0 Å². The summed E-state index contributed by atoms with van der Waals surface area (Å²) >= 11 is 2.79. The van der Waals surface area contributed by atoms with Gasteiger partial charge in [0.25, 0.3) is 0 Å². The van der Waals surface area contributed by atoms with E-state index in [1.54, 1.807) is 6.20 Å². The number of nitrogen functional groups attached to an aromatic ring is 1. The Morgan fingerprint density at radius 3 is 2.78 bits per heavy atom. The topological polar surface area (TPSA) is 68.0 Å². The van der Waals surface area contributed by atoms with Crippen LogP contribution in [0.3, 0.4) is 0 Å². The van der Waals surface area contributed by atoms with Gasteiger partial charge < -0.3 is 11.1 Å². The fourth-order valence-electron chi connectivity index (χ4n) is 1.45. The van der Waals surface area contributed by atoms with Crippen molar-refractivity contribution < 1.29 is 4.79 Å². The molecule has 0 saturated carbocycles. The minimum atomic E-state index is -0.523. The zero-order valence-electron chi connectivity index (χ0n) is 10.5. The summed E-state index contributed by atoms with van der Waals surface area (Å²) in [5, 5.41) is 3.43. The van der Waals surface area contributed by atoms with Gasteiger partial charge in [0.1, 0.15) is 5.54 Å². The van der Waals surface area contributed by atoms with E-state index in [0.29, 0.717) is 10.9 Å². The molecule has 0 unspecified atom stereocenters. The Labute approximate surface area is 116 Å². The van der Waals surface area contributed by atoms with E-state index in [1.165, 1.54) is 23.1 Å². The molecule has 0 spiro atoms. The van der Waals surface area contributed by atoms with Gasteiger partial charge in [0, 0.05) is 0 Å². The van der Waals surface area contributed by atoms with E-state index in [-0.39, 0.29) is 5.91 Å². The van der Waals surface area contributed by atoms with E-state index in [4.69, 9.17) is 12.2 Å². The van der Waals surface area contributed by atoms with Gasteiger partial charge in [0.15, 0.2) is 5.13 Å². The number of nitrogens with one attached hydrogen (secondary N) is 1. The summed E-state index contributed by atoms with van der Waals surface area (Å²) in [6, 6.07) is 0. The molecule has 98 valence electrons. The van der Waals surface area contributed by atoms with Crippen molar-refractivity contribution in [3.63, 3.8) is 0 Å². The maximum Gasteiger partial charge on any atom is 0.231 e. The van der Waals surface area contributed by atoms with E-state index >= 15 is 0 Å². The quantitative estimate of drug-likeness (QED) is 0.620. The van der Waals surface area contributed by atoms with Gasteiger partial charge in [0.05, 0.1) is 16.2 Å². The third-order valence-corrected chi connectivity index (χ3v) is 4.73. The molecule has 0 saturated heterocycles. The molecule has 0 aromatic carbocycles. The second-order valence-corrected chi connectivity index (χ2v) is 6.13. The van der Waals surface area contributed by atoms with Crippen LogP contribution in [0.2, 0.25) is 0 Å². The van der Waals surface area contributed by atoms with Crippen LogP contribution in [-0.4, -0.2) is 22.2 Å². The Hall–Kier alpha value is -1.19. The number of thiazole rings is 1. The number of carbonyl (C=O) groups is 1. The molecule has 0 aliphatic carbocycles. The molecule has 1 heterocycles. The summed E-state index contributed by atoms with van der Waals surface area (Å²) < 4.78 is 0.932. The van der Waals surface area contributed by atoms with Crippen molar-refractivity contribution in [3.05, 3.63) is 6.20 Å². The highest BCUT2D eigenvalue weighted by Crippen LogP contribution is 2.26. The molecule has 0 aliphatic heterocycles. The van der Waals surface area contributed by atoms with Gasteiger partial charge in [-0.1, -0.05) is 31.1 Å². The van der Waals surface area contributed by atoms with Crippen molar-refractivity contribution in [2.45, 2.75) is 36.4 Å². The van der Waals surface area contributed by atoms with Crippen LogP contribution in [0.5, 0.6) is 0 Å². The maximum absolute atomic E-state index is 11.8. The molecule has 4 nitrogen and oxygen atoms in total. The second-order valence-electron chi connectivity index (χ2n) is 3.79. The average molecular weight is 283 g/mol. The normalized spacial score (nSPS) is 10.9. The number of terminal acetylenes is 1. The molecule has 0 atom stereocenters. The number of amides is 1. The predicted molar refractivity (Wildman–Crippen MR) is 77.5 cm³/mol. The lowest BCUT2D eigenvalue weighted by atomic mass is 9.94. The molecule has 0 aliphatic rings. The summed E-state index contributed by atoms with van der Waals surface area (Å²) in [5.74, 6) is 2.94. The number of thioether (sulfide) groups is 1. The summed E-state index contributed by atoms with van der Waals surface area (Å²) in [7, 11) is 0. The van der Waals surface area contributed by atoms with E-state index in [1.807, 2.05) is 13.8 Å². The molecule has 3 N–H and O–H groups in total. The Balaban J connectivity index is 2.49. The molecule has 1 aromatic heterocycles. The van der Waals surface area contributed by atoms with Crippen LogP contribution in [-0.2, 0) is 4.79 Å². The molecule has 18 heavy (non-hydrogen) atoms. The average Bonchev–Trinajstić information content (AvgIpc) is 2.80. The zero-order chi connectivity index (χ0) is 13.6. The fraction of sp³-hybridized carbons (Fsp3) is 0.500. The number of rotatable bonds is 6. The smallest absolute Gasteiger partial charge is 0.231 e. The molecular formula is C12H17N3OS2. The first kappa shape index (κ1) is 14.9. The molecule has 0 bridgehead atoms. The molecule has 0 fully saturated rings. The molecular weight excluding hydrogens is 266 g/mol. The fourth-order valence-corrected chi connectivity index (χ4v) is 3.00. The van der Waals surface area contributed by atoms with E-state index in [2.05, 4.69) is 16.2 Å². The lowest BCUT2D eigenvalue weighted by molar-refractivity contribution is -0.119. The molecule has 1 rings (SSSR count). The number of carbonyl (C=O) groups excluding carboxylic acids is 1. The standard InChI is InChI=1S/C12H17N3OS2/c1-4-12(5-2,6-3)15-9(16)8-17-10-7-14-11(13)18-10/h1,7H,5-6,8H2,2-3H3,(H2,13,14)(H,15,16). The third-order valence-electron chi connectivity index (χ3n) is 2.71. The van der Waals surface area contributed by atoms with Gasteiger partial charge in [-0.2, -0.15) is 0 Å². The lowest BCUT2D eigenvalue weighted by Gasteiger charge is -2.26. The lowest BCUT2D eigenvalue weighted by Crippen LogP contribution is -2.47. The Bertz CT molecular complexity index is 446. The molecule has 1 aromatic rings. The van der Waals surface area contributed by atoms with Crippen LogP contribution >= 0.6 is 23.1 Å². The van der Waals surface area contributed by atoms with Gasteiger partial charge in [-0.15, -0.1) is 18.2 Å². The molecule has 0 radical (unpaired) electrons. The number of aromatic nitrogens is 1. The summed E-state index contributed by atoms with van der Waals surface area (Å²) in [5.41, 5.74) is 4.99. The van der Waals surface area contributed by atoms with Gasteiger partial charge in [-0.05, 0) is 12.8 Å². The van der Waals surface area contributed by atoms with Crippen LogP contribution in [0.15, 0.2) is 10.4 Å². The van der Waals surface area contributed by atoms with Gasteiger partial charge in [-0.25, -0.2) is 4.98 Å². The van der Waals surface area contributed by atoms with Crippen molar-refractivity contribution >= 4 is 34.1 Å². The van der Waals surface area contributed by atoms with E-state index in [0.717, 1.165) is 17.1 Å². The summed E-state index contributed by atoms with van der Waals surface area (Å²) in [6.45, 7) is 3.95. The molecule has 6 heteroatoms. The van der Waals surface area contributed by atoms with Crippen LogP contribution in [0, 0.1) is 12.3 Å². The van der Waals surface area contributed by atoms with Gasteiger partial charge in [0.2, 0.25) is 5.91 Å². The van der Waals surface area contributed by atoms with Gasteiger partial charge in [-0.3, -0.25) is 4.79 Å². The van der Waals surface area contributed by atoms with E-state index in [9.17, 15) is 4.79 Å². The highest BCUT2D eigenvalue weighted by atomic mass is 32.2. The maximum atomic E-state index is 11.8. The summed E-state index contributed by atoms with van der Waals surface area (Å²) in [6.07, 6.45) is 8.62. The Morgan fingerprint density at radius 2 is 2.33 bits per heavy atom.